The molecule has 102 valence electrons. The quantitative estimate of drug-likeness (QED) is 0.806. The van der Waals surface area contributed by atoms with E-state index in [0.717, 1.165) is 25.7 Å². The molecule has 1 heterocycles. The second-order valence-corrected chi connectivity index (χ2v) is 5.61. The molecule has 5 heteroatoms. The first-order valence-electron chi connectivity index (χ1n) is 6.73. The number of carboxylic acids is 1. The molecule has 0 bridgehead atoms. The molecule has 0 spiro atoms. The number of hydrogen-bond donors (Lipinski definition) is 1. The van der Waals surface area contributed by atoms with Crippen LogP contribution in [0.4, 0.5) is 0 Å². The van der Waals surface area contributed by atoms with Crippen LogP contribution in [0.5, 0.6) is 0 Å². The average Bonchev–Trinajstić information content (AvgIpc) is 3.11. The highest BCUT2D eigenvalue weighted by Gasteiger charge is 2.37. The summed E-state index contributed by atoms with van der Waals surface area (Å²) in [6.45, 7) is 2.92. The third-order valence-electron chi connectivity index (χ3n) is 4.12. The highest BCUT2D eigenvalue weighted by atomic mass is 16.4. The molecule has 1 aliphatic heterocycles. The molecule has 0 aromatic heterocycles. The third kappa shape index (κ3) is 2.83. The maximum Gasteiger partial charge on any atom is 0.321 e. The monoisotopic (exact) mass is 254 g/mol. The van der Waals surface area contributed by atoms with Crippen LogP contribution < -0.4 is 0 Å². The average molecular weight is 254 g/mol. The Hall–Kier alpha value is -1.10. The number of likely N-dealkylation sites (tertiary alicyclic amines) is 1. The van der Waals surface area contributed by atoms with Gasteiger partial charge in [0.2, 0.25) is 5.91 Å². The number of nitrogens with zero attached hydrogens (tertiary/aromatic N) is 2. The van der Waals surface area contributed by atoms with Gasteiger partial charge in [-0.2, -0.15) is 0 Å². The summed E-state index contributed by atoms with van der Waals surface area (Å²) in [5, 5.41) is 9.29. The fraction of sp³-hybridized carbons (Fsp3) is 0.846. The lowest BCUT2D eigenvalue weighted by Gasteiger charge is -2.37. The van der Waals surface area contributed by atoms with Crippen LogP contribution in [0.15, 0.2) is 0 Å². The van der Waals surface area contributed by atoms with Crippen molar-refractivity contribution in [1.82, 2.24) is 9.80 Å². The minimum absolute atomic E-state index is 0.0536. The van der Waals surface area contributed by atoms with Crippen molar-refractivity contribution in [2.45, 2.75) is 44.7 Å². The molecular formula is C13H22N2O3. The number of carbonyl (C=O) groups excluding carboxylic acids is 1. The Morgan fingerprint density at radius 1 is 1.33 bits per heavy atom. The van der Waals surface area contributed by atoms with Gasteiger partial charge in [-0.3, -0.25) is 14.5 Å². The fourth-order valence-electron chi connectivity index (χ4n) is 2.80. The standard InChI is InChI=1S/C13H22N2O3/c1-9-4-3-7-15(12(9)13(17)18)8-11(16)14(2)10-5-6-10/h9-10,12H,3-8H2,1-2H3,(H,17,18). The predicted octanol–water partition coefficient (Wildman–Crippen LogP) is 0.792. The zero-order chi connectivity index (χ0) is 13.3. The lowest BCUT2D eigenvalue weighted by atomic mass is 9.91. The van der Waals surface area contributed by atoms with E-state index in [1.54, 1.807) is 4.90 Å². The minimum atomic E-state index is -0.802. The van der Waals surface area contributed by atoms with Crippen molar-refractivity contribution < 1.29 is 14.7 Å². The lowest BCUT2D eigenvalue weighted by Crippen LogP contribution is -2.52. The summed E-state index contributed by atoms with van der Waals surface area (Å²) in [7, 11) is 1.82. The number of piperidine rings is 1. The maximum atomic E-state index is 12.1. The van der Waals surface area contributed by atoms with Gasteiger partial charge >= 0.3 is 5.97 Å². The van der Waals surface area contributed by atoms with Gasteiger partial charge in [0.05, 0.1) is 6.54 Å². The second kappa shape index (κ2) is 5.26. The van der Waals surface area contributed by atoms with Crippen LogP contribution in [0, 0.1) is 5.92 Å². The molecule has 0 aromatic carbocycles. The van der Waals surface area contributed by atoms with E-state index in [9.17, 15) is 14.7 Å². The Kier molecular flexibility index (Phi) is 3.90. The van der Waals surface area contributed by atoms with E-state index < -0.39 is 12.0 Å². The van der Waals surface area contributed by atoms with Crippen molar-refractivity contribution in [2.75, 3.05) is 20.1 Å². The molecule has 1 saturated heterocycles. The molecule has 2 unspecified atom stereocenters. The van der Waals surface area contributed by atoms with Crippen LogP contribution in [0.1, 0.15) is 32.6 Å². The number of aliphatic carboxylic acids is 1. The summed E-state index contributed by atoms with van der Waals surface area (Å²) in [6, 6.07) is -0.113. The maximum absolute atomic E-state index is 12.1. The summed E-state index contributed by atoms with van der Waals surface area (Å²) in [5.74, 6) is -0.628. The van der Waals surface area contributed by atoms with E-state index in [-0.39, 0.29) is 18.4 Å². The summed E-state index contributed by atoms with van der Waals surface area (Å²) < 4.78 is 0. The number of likely N-dealkylation sites (N-methyl/N-ethyl adjacent to an activating group) is 1. The smallest absolute Gasteiger partial charge is 0.321 e. The van der Waals surface area contributed by atoms with Gasteiger partial charge in [-0.25, -0.2) is 0 Å². The molecule has 2 rings (SSSR count). The molecule has 0 aromatic rings. The normalized spacial score (nSPS) is 29.0. The third-order valence-corrected chi connectivity index (χ3v) is 4.12. The topological polar surface area (TPSA) is 60.9 Å². The first-order chi connectivity index (χ1) is 8.50. The highest BCUT2D eigenvalue weighted by Crippen LogP contribution is 2.27. The summed E-state index contributed by atoms with van der Waals surface area (Å²) in [4.78, 5) is 27.0. The molecule has 1 N–H and O–H groups in total. The summed E-state index contributed by atoms with van der Waals surface area (Å²) >= 11 is 0. The molecule has 1 saturated carbocycles. The Labute approximate surface area is 108 Å². The van der Waals surface area contributed by atoms with Crippen molar-refractivity contribution in [3.8, 4) is 0 Å². The molecule has 2 fully saturated rings. The van der Waals surface area contributed by atoms with E-state index in [4.69, 9.17) is 0 Å². The van der Waals surface area contributed by atoms with Gasteiger partial charge in [0.15, 0.2) is 0 Å². The molecule has 2 aliphatic rings. The van der Waals surface area contributed by atoms with Gasteiger partial charge < -0.3 is 10.0 Å². The predicted molar refractivity (Wildman–Crippen MR) is 67.2 cm³/mol. The van der Waals surface area contributed by atoms with Crippen molar-refractivity contribution in [3.05, 3.63) is 0 Å². The number of hydrogen-bond acceptors (Lipinski definition) is 3. The van der Waals surface area contributed by atoms with Crippen LogP contribution in [-0.2, 0) is 9.59 Å². The summed E-state index contributed by atoms with van der Waals surface area (Å²) in [5.41, 5.74) is 0. The first kappa shape index (κ1) is 13.3. The van der Waals surface area contributed by atoms with Crippen LogP contribution in [0.3, 0.4) is 0 Å². The number of carbonyl (C=O) groups is 2. The van der Waals surface area contributed by atoms with Crippen molar-refractivity contribution in [2.24, 2.45) is 5.92 Å². The molecule has 5 nitrogen and oxygen atoms in total. The van der Waals surface area contributed by atoms with Crippen LogP contribution in [0.25, 0.3) is 0 Å². The Morgan fingerprint density at radius 3 is 2.56 bits per heavy atom. The number of amides is 1. The molecular weight excluding hydrogens is 232 g/mol. The number of carboxylic acid groups (broad SMARTS) is 1. The zero-order valence-electron chi connectivity index (χ0n) is 11.1. The first-order valence-corrected chi connectivity index (χ1v) is 6.73. The van der Waals surface area contributed by atoms with Gasteiger partial charge in [-0.05, 0) is 38.1 Å². The van der Waals surface area contributed by atoms with E-state index in [1.807, 2.05) is 18.9 Å². The molecule has 1 aliphatic carbocycles. The molecule has 0 radical (unpaired) electrons. The van der Waals surface area contributed by atoms with Crippen LogP contribution in [0.2, 0.25) is 0 Å². The van der Waals surface area contributed by atoms with Crippen LogP contribution in [-0.4, -0.2) is 59.0 Å². The summed E-state index contributed by atoms with van der Waals surface area (Å²) in [6.07, 6.45) is 4.08. The number of rotatable bonds is 4. The van der Waals surface area contributed by atoms with E-state index in [2.05, 4.69) is 0 Å². The highest BCUT2D eigenvalue weighted by molar-refractivity contribution is 5.80. The Morgan fingerprint density at radius 2 is 2.00 bits per heavy atom. The van der Waals surface area contributed by atoms with Gasteiger partial charge in [0.1, 0.15) is 6.04 Å². The van der Waals surface area contributed by atoms with Gasteiger partial charge in [-0.15, -0.1) is 0 Å². The largest absolute Gasteiger partial charge is 0.480 e. The molecule has 1 amide bonds. The van der Waals surface area contributed by atoms with Gasteiger partial charge in [0, 0.05) is 13.1 Å². The van der Waals surface area contributed by atoms with Crippen molar-refractivity contribution >= 4 is 11.9 Å². The molecule has 2 atom stereocenters. The zero-order valence-corrected chi connectivity index (χ0v) is 11.1. The minimum Gasteiger partial charge on any atom is -0.480 e. The second-order valence-electron chi connectivity index (χ2n) is 5.61. The SMILES string of the molecule is CC1CCCN(CC(=O)N(C)C2CC2)C1C(=O)O. The van der Waals surface area contributed by atoms with E-state index >= 15 is 0 Å². The lowest BCUT2D eigenvalue weighted by molar-refractivity contribution is -0.148. The Bertz CT molecular complexity index is 341. The fourth-order valence-corrected chi connectivity index (χ4v) is 2.80. The van der Waals surface area contributed by atoms with E-state index in [1.165, 1.54) is 0 Å². The Balaban J connectivity index is 1.96. The van der Waals surface area contributed by atoms with Crippen molar-refractivity contribution in [3.63, 3.8) is 0 Å². The van der Waals surface area contributed by atoms with Gasteiger partial charge in [-0.1, -0.05) is 6.92 Å². The van der Waals surface area contributed by atoms with Crippen LogP contribution >= 0.6 is 0 Å². The van der Waals surface area contributed by atoms with E-state index in [0.29, 0.717) is 12.6 Å². The molecule has 18 heavy (non-hydrogen) atoms. The van der Waals surface area contributed by atoms with Gasteiger partial charge in [0.25, 0.3) is 0 Å². The van der Waals surface area contributed by atoms with Crippen molar-refractivity contribution in [1.29, 1.82) is 0 Å².